The van der Waals surface area contributed by atoms with Crippen molar-refractivity contribution in [3.05, 3.63) is 60.3 Å². The Labute approximate surface area is 215 Å². The van der Waals surface area contributed by atoms with Gasteiger partial charge in [-0.1, -0.05) is 12.1 Å². The molecule has 0 saturated carbocycles. The van der Waals surface area contributed by atoms with E-state index in [1.54, 1.807) is 28.3 Å². The van der Waals surface area contributed by atoms with E-state index in [0.717, 1.165) is 11.3 Å². The Kier molecular flexibility index (Phi) is 7.20. The van der Waals surface area contributed by atoms with Gasteiger partial charge in [0.25, 0.3) is 5.91 Å². The van der Waals surface area contributed by atoms with E-state index in [9.17, 15) is 14.9 Å². The number of benzene rings is 1. The van der Waals surface area contributed by atoms with E-state index < -0.39 is 17.0 Å². The van der Waals surface area contributed by atoms with E-state index in [2.05, 4.69) is 21.5 Å². The molecule has 1 aliphatic rings. The average Bonchev–Trinajstić information content (AvgIpc) is 3.49. The molecule has 1 saturated heterocycles. The first kappa shape index (κ1) is 25.8. The predicted molar refractivity (Wildman–Crippen MR) is 137 cm³/mol. The Morgan fingerprint density at radius 2 is 2.03 bits per heavy atom. The number of hydrogen-bond acceptors (Lipinski definition) is 7. The van der Waals surface area contributed by atoms with Crippen molar-refractivity contribution in [1.29, 1.82) is 5.26 Å². The summed E-state index contributed by atoms with van der Waals surface area (Å²) in [5.41, 5.74) is 6.44. The molecule has 0 aliphatic carbocycles. The van der Waals surface area contributed by atoms with Crippen LogP contribution >= 0.6 is 0 Å². The van der Waals surface area contributed by atoms with Gasteiger partial charge in [0.05, 0.1) is 24.4 Å². The maximum atomic E-state index is 12.5. The van der Waals surface area contributed by atoms with Crippen molar-refractivity contribution in [2.24, 2.45) is 5.73 Å². The normalized spacial score (nSPS) is 15.1. The number of amides is 2. The molecule has 0 bridgehead atoms. The molecule has 3 heterocycles. The molecule has 11 heteroatoms. The topological polar surface area (TPSA) is 144 Å². The maximum absolute atomic E-state index is 12.5. The molecule has 11 nitrogen and oxygen atoms in total. The molecule has 3 N–H and O–H groups in total. The zero-order valence-corrected chi connectivity index (χ0v) is 21.3. The van der Waals surface area contributed by atoms with Crippen LogP contribution in [-0.4, -0.2) is 54.9 Å². The summed E-state index contributed by atoms with van der Waals surface area (Å²) >= 11 is 0. The van der Waals surface area contributed by atoms with Gasteiger partial charge in [0.1, 0.15) is 11.2 Å². The highest BCUT2D eigenvalue weighted by Gasteiger charge is 2.40. The number of carbonyl (C=O) groups is 2. The second-order valence-electron chi connectivity index (χ2n) is 10.3. The molecular weight excluding hydrogens is 472 g/mol. The van der Waals surface area contributed by atoms with Crippen LogP contribution in [-0.2, 0) is 16.8 Å². The SMILES string of the molecule is CC(C)(C)OC(=O)N1CCC(CC#N)(n2cc(C(N)=O)c(Nc3cccc(Cn4ccnc4)c3)n2)CC1. The van der Waals surface area contributed by atoms with Crippen LogP contribution in [0.3, 0.4) is 0 Å². The average molecular weight is 505 g/mol. The van der Waals surface area contributed by atoms with Crippen LogP contribution < -0.4 is 11.1 Å². The summed E-state index contributed by atoms with van der Waals surface area (Å²) in [4.78, 5) is 30.6. The van der Waals surface area contributed by atoms with Gasteiger partial charge in [-0.3, -0.25) is 9.48 Å². The van der Waals surface area contributed by atoms with Crippen LogP contribution in [0.15, 0.2) is 49.2 Å². The van der Waals surface area contributed by atoms with Gasteiger partial charge < -0.3 is 25.3 Å². The van der Waals surface area contributed by atoms with Crippen LogP contribution in [0, 0.1) is 11.3 Å². The van der Waals surface area contributed by atoms with Gasteiger partial charge in [-0.15, -0.1) is 0 Å². The summed E-state index contributed by atoms with van der Waals surface area (Å²) in [6.45, 7) is 6.93. The van der Waals surface area contributed by atoms with Crippen molar-refractivity contribution in [2.75, 3.05) is 18.4 Å². The van der Waals surface area contributed by atoms with Crippen molar-refractivity contribution in [3.63, 3.8) is 0 Å². The third kappa shape index (κ3) is 6.09. The second kappa shape index (κ2) is 10.3. The van der Waals surface area contributed by atoms with Crippen molar-refractivity contribution < 1.29 is 14.3 Å². The first-order valence-electron chi connectivity index (χ1n) is 12.2. The fourth-order valence-electron chi connectivity index (χ4n) is 4.43. The molecule has 0 unspecified atom stereocenters. The molecule has 0 spiro atoms. The molecule has 0 atom stereocenters. The minimum absolute atomic E-state index is 0.175. The molecule has 194 valence electrons. The largest absolute Gasteiger partial charge is 0.444 e. The number of carbonyl (C=O) groups excluding carboxylic acids is 2. The van der Waals surface area contributed by atoms with Gasteiger partial charge in [-0.25, -0.2) is 9.78 Å². The molecule has 2 amide bonds. The molecule has 3 aromatic rings. The highest BCUT2D eigenvalue weighted by atomic mass is 16.6. The molecule has 0 radical (unpaired) electrons. The number of nitriles is 1. The lowest BCUT2D eigenvalue weighted by Gasteiger charge is -2.40. The Morgan fingerprint density at radius 1 is 1.27 bits per heavy atom. The first-order valence-corrected chi connectivity index (χ1v) is 12.2. The number of piperidine rings is 1. The van der Waals surface area contributed by atoms with Crippen LogP contribution in [0.1, 0.15) is 56.0 Å². The first-order chi connectivity index (χ1) is 17.6. The number of primary amides is 1. The number of nitrogens with one attached hydrogen (secondary N) is 1. The van der Waals surface area contributed by atoms with Gasteiger partial charge in [0.2, 0.25) is 0 Å². The summed E-state index contributed by atoms with van der Waals surface area (Å²) < 4.78 is 9.12. The maximum Gasteiger partial charge on any atom is 0.410 e. The number of hydrogen-bond donors (Lipinski definition) is 2. The third-order valence-electron chi connectivity index (χ3n) is 6.33. The predicted octanol–water partition coefficient (Wildman–Crippen LogP) is 3.61. The highest BCUT2D eigenvalue weighted by Crippen LogP contribution is 2.35. The van der Waals surface area contributed by atoms with Crippen LogP contribution in [0.5, 0.6) is 0 Å². The Morgan fingerprint density at radius 3 is 2.65 bits per heavy atom. The molecular formula is C26H32N8O3. The number of rotatable bonds is 7. The lowest BCUT2D eigenvalue weighted by Crippen LogP contribution is -2.49. The second-order valence-corrected chi connectivity index (χ2v) is 10.3. The lowest BCUT2D eigenvalue weighted by molar-refractivity contribution is 0.0105. The highest BCUT2D eigenvalue weighted by molar-refractivity contribution is 5.98. The quantitative estimate of drug-likeness (QED) is 0.500. The van der Waals surface area contributed by atoms with Gasteiger partial charge in [0.15, 0.2) is 5.82 Å². The summed E-state index contributed by atoms with van der Waals surface area (Å²) in [5.74, 6) is -0.305. The van der Waals surface area contributed by atoms with Gasteiger partial charge in [-0.05, 0) is 51.3 Å². The number of likely N-dealkylation sites (tertiary alicyclic amines) is 1. The number of anilines is 2. The van der Waals surface area contributed by atoms with Crippen LogP contribution in [0.2, 0.25) is 0 Å². The summed E-state index contributed by atoms with van der Waals surface area (Å²) in [5, 5.41) is 17.5. The molecule has 1 fully saturated rings. The van der Waals surface area contributed by atoms with E-state index in [0.29, 0.717) is 38.3 Å². The van der Waals surface area contributed by atoms with Crippen molar-refractivity contribution in [2.45, 2.75) is 57.7 Å². The van der Waals surface area contributed by atoms with Crippen LogP contribution in [0.25, 0.3) is 0 Å². The molecule has 1 aliphatic heterocycles. The van der Waals surface area contributed by atoms with E-state index in [1.807, 2.05) is 55.8 Å². The van der Waals surface area contributed by atoms with Gasteiger partial charge >= 0.3 is 6.09 Å². The third-order valence-corrected chi connectivity index (χ3v) is 6.33. The smallest absolute Gasteiger partial charge is 0.410 e. The number of nitrogens with zero attached hydrogens (tertiary/aromatic N) is 6. The zero-order chi connectivity index (χ0) is 26.6. The zero-order valence-electron chi connectivity index (χ0n) is 21.3. The fraction of sp³-hybridized carbons (Fsp3) is 0.423. The Hall–Kier alpha value is -4.33. The summed E-state index contributed by atoms with van der Waals surface area (Å²) in [7, 11) is 0. The molecule has 1 aromatic carbocycles. The van der Waals surface area contributed by atoms with Crippen LogP contribution in [0.4, 0.5) is 16.3 Å². The number of nitrogens with two attached hydrogens (primary N) is 1. The molecule has 4 rings (SSSR count). The van der Waals surface area contributed by atoms with E-state index >= 15 is 0 Å². The number of ether oxygens (including phenoxy) is 1. The van der Waals surface area contributed by atoms with Crippen molar-refractivity contribution in [1.82, 2.24) is 24.2 Å². The molecule has 2 aromatic heterocycles. The lowest BCUT2D eigenvalue weighted by atomic mass is 9.85. The van der Waals surface area contributed by atoms with E-state index in [1.165, 1.54) is 0 Å². The minimum atomic E-state index is -0.680. The minimum Gasteiger partial charge on any atom is -0.444 e. The number of aromatic nitrogens is 4. The number of imidazole rings is 1. The van der Waals surface area contributed by atoms with Gasteiger partial charge in [-0.2, -0.15) is 10.4 Å². The van der Waals surface area contributed by atoms with Crippen molar-refractivity contribution >= 4 is 23.5 Å². The van der Waals surface area contributed by atoms with E-state index in [4.69, 9.17) is 10.5 Å². The fourth-order valence-corrected chi connectivity index (χ4v) is 4.43. The van der Waals surface area contributed by atoms with E-state index in [-0.39, 0.29) is 18.1 Å². The standard InChI is InChI=1S/C26H32N8O3/c1-25(2,3)37-24(36)33-12-8-26(7-10-27,9-13-33)34-17-21(22(28)35)23(31-34)30-20-6-4-5-19(15-20)16-32-14-11-29-18-32/h4-6,11,14-15,17-18H,7-9,12-13,16H2,1-3H3,(H2,28,35)(H,30,31). The summed E-state index contributed by atoms with van der Waals surface area (Å²) in [6.07, 6.45) is 7.72. The van der Waals surface area contributed by atoms with Gasteiger partial charge in [0, 0.05) is 43.9 Å². The monoisotopic (exact) mass is 504 g/mol. The molecule has 37 heavy (non-hydrogen) atoms. The Bertz CT molecular complexity index is 1290. The summed E-state index contributed by atoms with van der Waals surface area (Å²) in [6, 6.07) is 10.0. The van der Waals surface area contributed by atoms with Crippen molar-refractivity contribution in [3.8, 4) is 6.07 Å². The Balaban J connectivity index is 1.56.